The predicted molar refractivity (Wildman–Crippen MR) is 80.3 cm³/mol. The van der Waals surface area contributed by atoms with Crippen molar-refractivity contribution in [3.8, 4) is 0 Å². The Kier molecular flexibility index (Phi) is 4.93. The Bertz CT molecular complexity index is 545. The van der Waals surface area contributed by atoms with Crippen LogP contribution in [0.4, 0.5) is 11.5 Å². The number of nitrogens with one attached hydrogen (secondary N) is 2. The highest BCUT2D eigenvalue weighted by molar-refractivity contribution is 5.85. The van der Waals surface area contributed by atoms with E-state index in [1.807, 2.05) is 27.7 Å². The fourth-order valence-corrected chi connectivity index (χ4v) is 1.91. The lowest BCUT2D eigenvalue weighted by Gasteiger charge is -2.24. The van der Waals surface area contributed by atoms with E-state index in [2.05, 4.69) is 15.7 Å². The molecule has 0 aromatic carbocycles. The van der Waals surface area contributed by atoms with E-state index in [4.69, 9.17) is 0 Å². The van der Waals surface area contributed by atoms with Crippen molar-refractivity contribution in [1.29, 1.82) is 0 Å². The third-order valence-electron chi connectivity index (χ3n) is 2.82. The van der Waals surface area contributed by atoms with Crippen LogP contribution in [0, 0.1) is 17.0 Å². The quantitative estimate of drug-likeness (QED) is 0.637. The second-order valence-electron chi connectivity index (χ2n) is 5.96. The molecule has 1 heterocycles. The summed E-state index contributed by atoms with van der Waals surface area (Å²) >= 11 is 0. The Labute approximate surface area is 124 Å². The summed E-state index contributed by atoms with van der Waals surface area (Å²) in [6, 6.07) is -0.607. The highest BCUT2D eigenvalue weighted by Crippen LogP contribution is 2.28. The number of carbonyl (C=O) groups is 1. The minimum atomic E-state index is -0.607. The van der Waals surface area contributed by atoms with Gasteiger partial charge >= 0.3 is 5.69 Å². The minimum absolute atomic E-state index is 0.0905. The van der Waals surface area contributed by atoms with Crippen LogP contribution in [0.25, 0.3) is 0 Å². The molecular formula is C13H23N5O3. The molecule has 1 unspecified atom stereocenters. The minimum Gasteiger partial charge on any atom is -0.353 e. The number of carbonyl (C=O) groups excluding carboxylic acids is 1. The molecule has 0 aliphatic rings. The number of hydrogen-bond acceptors (Lipinski definition) is 5. The Morgan fingerprint density at radius 2 is 2.05 bits per heavy atom. The SMILES string of the molecule is CCn1nc(C)c([N+](=O)[O-])c1NC(C)C(=O)NC(C)(C)C. The highest BCUT2D eigenvalue weighted by atomic mass is 16.6. The van der Waals surface area contributed by atoms with Gasteiger partial charge in [-0.25, -0.2) is 4.68 Å². The van der Waals surface area contributed by atoms with Crippen molar-refractivity contribution in [3.63, 3.8) is 0 Å². The van der Waals surface area contributed by atoms with Crippen LogP contribution in [-0.2, 0) is 11.3 Å². The number of rotatable bonds is 5. The van der Waals surface area contributed by atoms with E-state index in [1.165, 1.54) is 4.68 Å². The molecular weight excluding hydrogens is 274 g/mol. The van der Waals surface area contributed by atoms with Gasteiger partial charge < -0.3 is 10.6 Å². The van der Waals surface area contributed by atoms with Gasteiger partial charge in [0.2, 0.25) is 11.7 Å². The number of anilines is 1. The molecule has 2 N–H and O–H groups in total. The van der Waals surface area contributed by atoms with Crippen LogP contribution in [0.3, 0.4) is 0 Å². The summed E-state index contributed by atoms with van der Waals surface area (Å²) in [5.74, 6) is 0.0369. The van der Waals surface area contributed by atoms with Crippen LogP contribution in [0.1, 0.15) is 40.3 Å². The molecule has 0 aliphatic carbocycles. The fraction of sp³-hybridized carbons (Fsp3) is 0.692. The molecule has 0 fully saturated rings. The van der Waals surface area contributed by atoms with Crippen LogP contribution in [-0.4, -0.2) is 32.2 Å². The van der Waals surface area contributed by atoms with Crippen LogP contribution in [0.15, 0.2) is 0 Å². The second kappa shape index (κ2) is 6.11. The Morgan fingerprint density at radius 1 is 1.48 bits per heavy atom. The molecule has 1 aromatic rings. The summed E-state index contributed by atoms with van der Waals surface area (Å²) in [5, 5.41) is 21.0. The average Bonchev–Trinajstić information content (AvgIpc) is 2.63. The average molecular weight is 297 g/mol. The van der Waals surface area contributed by atoms with Gasteiger partial charge in [-0.3, -0.25) is 14.9 Å². The van der Waals surface area contributed by atoms with Gasteiger partial charge in [0, 0.05) is 12.1 Å². The summed E-state index contributed by atoms with van der Waals surface area (Å²) in [5.41, 5.74) is -0.125. The van der Waals surface area contributed by atoms with E-state index in [1.54, 1.807) is 13.8 Å². The summed E-state index contributed by atoms with van der Waals surface area (Å²) in [4.78, 5) is 22.8. The van der Waals surface area contributed by atoms with Crippen molar-refractivity contribution in [2.24, 2.45) is 0 Å². The molecule has 0 bridgehead atoms. The van der Waals surface area contributed by atoms with Gasteiger partial charge in [0.15, 0.2) is 0 Å². The first kappa shape index (κ1) is 16.9. The molecule has 0 spiro atoms. The molecule has 0 saturated carbocycles. The van der Waals surface area contributed by atoms with E-state index in [9.17, 15) is 14.9 Å². The summed E-state index contributed by atoms with van der Waals surface area (Å²) in [6.07, 6.45) is 0. The second-order valence-corrected chi connectivity index (χ2v) is 5.96. The number of nitro groups is 1. The van der Waals surface area contributed by atoms with Gasteiger partial charge in [-0.15, -0.1) is 0 Å². The van der Waals surface area contributed by atoms with Crippen LogP contribution < -0.4 is 10.6 Å². The van der Waals surface area contributed by atoms with E-state index < -0.39 is 11.0 Å². The molecule has 1 atom stereocenters. The highest BCUT2D eigenvalue weighted by Gasteiger charge is 2.28. The van der Waals surface area contributed by atoms with Crippen molar-refractivity contribution in [2.75, 3.05) is 5.32 Å². The first-order chi connectivity index (χ1) is 9.56. The fourth-order valence-electron chi connectivity index (χ4n) is 1.91. The lowest BCUT2D eigenvalue weighted by atomic mass is 10.1. The lowest BCUT2D eigenvalue weighted by molar-refractivity contribution is -0.384. The molecule has 118 valence electrons. The lowest BCUT2D eigenvalue weighted by Crippen LogP contribution is -2.47. The Balaban J connectivity index is 3.01. The largest absolute Gasteiger partial charge is 0.353 e. The van der Waals surface area contributed by atoms with E-state index in [0.29, 0.717) is 12.2 Å². The molecule has 1 rings (SSSR count). The van der Waals surface area contributed by atoms with Crippen LogP contribution in [0.5, 0.6) is 0 Å². The Morgan fingerprint density at radius 3 is 2.48 bits per heavy atom. The van der Waals surface area contributed by atoms with Crippen LogP contribution >= 0.6 is 0 Å². The zero-order valence-electron chi connectivity index (χ0n) is 13.4. The summed E-state index contributed by atoms with van der Waals surface area (Å²) in [7, 11) is 0. The Hall–Kier alpha value is -2.12. The monoisotopic (exact) mass is 297 g/mol. The van der Waals surface area contributed by atoms with E-state index >= 15 is 0 Å². The molecule has 1 amide bonds. The maximum absolute atomic E-state index is 12.1. The molecule has 0 saturated heterocycles. The van der Waals surface area contributed by atoms with E-state index in [0.717, 1.165) is 0 Å². The van der Waals surface area contributed by atoms with E-state index in [-0.39, 0.29) is 23.0 Å². The number of aromatic nitrogens is 2. The molecule has 0 radical (unpaired) electrons. The smallest absolute Gasteiger partial charge is 0.333 e. The maximum atomic E-state index is 12.1. The van der Waals surface area contributed by atoms with Crippen molar-refractivity contribution in [1.82, 2.24) is 15.1 Å². The molecule has 21 heavy (non-hydrogen) atoms. The number of hydrogen-bond donors (Lipinski definition) is 2. The first-order valence-electron chi connectivity index (χ1n) is 6.87. The molecule has 0 aliphatic heterocycles. The summed E-state index contributed by atoms with van der Waals surface area (Å²) in [6.45, 7) is 11.2. The van der Waals surface area contributed by atoms with Gasteiger partial charge in [-0.05, 0) is 41.5 Å². The molecule has 8 heteroatoms. The van der Waals surface area contributed by atoms with Gasteiger partial charge in [0.05, 0.1) is 4.92 Å². The normalized spacial score (nSPS) is 12.9. The number of aryl methyl sites for hydroxylation is 2. The number of nitrogens with zero attached hydrogens (tertiary/aromatic N) is 3. The van der Waals surface area contributed by atoms with Gasteiger partial charge in [-0.2, -0.15) is 5.10 Å². The molecule has 8 nitrogen and oxygen atoms in total. The third-order valence-corrected chi connectivity index (χ3v) is 2.82. The maximum Gasteiger partial charge on any atom is 0.333 e. The van der Waals surface area contributed by atoms with Crippen molar-refractivity contribution in [2.45, 2.75) is 59.7 Å². The van der Waals surface area contributed by atoms with Gasteiger partial charge in [-0.1, -0.05) is 0 Å². The number of amides is 1. The third kappa shape index (κ3) is 4.17. The van der Waals surface area contributed by atoms with Crippen LogP contribution in [0.2, 0.25) is 0 Å². The zero-order valence-corrected chi connectivity index (χ0v) is 13.4. The van der Waals surface area contributed by atoms with Crippen molar-refractivity contribution < 1.29 is 9.72 Å². The predicted octanol–water partition coefficient (Wildman–Crippen LogP) is 1.83. The summed E-state index contributed by atoms with van der Waals surface area (Å²) < 4.78 is 1.49. The van der Waals surface area contributed by atoms with Gasteiger partial charge in [0.25, 0.3) is 0 Å². The topological polar surface area (TPSA) is 102 Å². The first-order valence-corrected chi connectivity index (χ1v) is 6.87. The standard InChI is InChI=1S/C13H23N5O3/c1-7-17-11(10(18(20)21)8(2)16-17)14-9(3)12(19)15-13(4,5)6/h9,14H,7H2,1-6H3,(H,15,19). The van der Waals surface area contributed by atoms with Crippen molar-refractivity contribution >= 4 is 17.4 Å². The van der Waals surface area contributed by atoms with Crippen molar-refractivity contribution in [3.05, 3.63) is 15.8 Å². The molecule has 1 aromatic heterocycles. The van der Waals surface area contributed by atoms with Gasteiger partial charge in [0.1, 0.15) is 11.7 Å². The zero-order chi connectivity index (χ0) is 16.4.